The number of halogens is 2. The molecule has 0 saturated carbocycles. The van der Waals surface area contributed by atoms with Crippen LogP contribution < -0.4 is 10.6 Å². The maximum Gasteiger partial charge on any atom is 0.191 e. The number of nitrogens with one attached hydrogen (secondary N) is 2. The minimum Gasteiger partial charge on any atom is -0.356 e. The Bertz CT molecular complexity index is 700. The van der Waals surface area contributed by atoms with Crippen LogP contribution in [0.3, 0.4) is 0 Å². The van der Waals surface area contributed by atoms with E-state index in [4.69, 9.17) is 0 Å². The van der Waals surface area contributed by atoms with E-state index in [0.29, 0.717) is 19.0 Å². The minimum absolute atomic E-state index is 0. The predicted molar refractivity (Wildman–Crippen MR) is 102 cm³/mol. The van der Waals surface area contributed by atoms with Crippen molar-refractivity contribution in [2.24, 2.45) is 4.99 Å². The Kier molecular flexibility index (Phi) is 6.95. The van der Waals surface area contributed by atoms with Gasteiger partial charge >= 0.3 is 0 Å². The van der Waals surface area contributed by atoms with Crippen molar-refractivity contribution < 1.29 is 4.39 Å². The van der Waals surface area contributed by atoms with E-state index < -0.39 is 0 Å². The molecule has 3 rings (SSSR count). The summed E-state index contributed by atoms with van der Waals surface area (Å²) in [7, 11) is 1.73. The number of nitrogens with zero attached hydrogens (tertiary/aromatic N) is 4. The molecule has 130 valence electrons. The molecule has 0 aliphatic carbocycles. The fourth-order valence-electron chi connectivity index (χ4n) is 2.74. The molecule has 1 aromatic carbocycles. The highest BCUT2D eigenvalue weighted by molar-refractivity contribution is 14.0. The number of rotatable bonds is 5. The third-order valence-electron chi connectivity index (χ3n) is 3.92. The van der Waals surface area contributed by atoms with Crippen molar-refractivity contribution in [3.63, 3.8) is 0 Å². The zero-order valence-electron chi connectivity index (χ0n) is 13.6. The second-order valence-corrected chi connectivity index (χ2v) is 5.52. The molecule has 1 aromatic heterocycles. The Balaban J connectivity index is 0.00000208. The Morgan fingerprint density at radius 2 is 2.21 bits per heavy atom. The molecule has 2 heterocycles. The van der Waals surface area contributed by atoms with Gasteiger partial charge in [0.1, 0.15) is 11.6 Å². The summed E-state index contributed by atoms with van der Waals surface area (Å²) in [5.74, 6) is 2.50. The van der Waals surface area contributed by atoms with E-state index in [-0.39, 0.29) is 29.8 Å². The lowest BCUT2D eigenvalue weighted by molar-refractivity contribution is 0.624. The van der Waals surface area contributed by atoms with Crippen LogP contribution in [0.25, 0.3) is 0 Å². The van der Waals surface area contributed by atoms with Crippen molar-refractivity contribution in [1.82, 2.24) is 25.4 Å². The van der Waals surface area contributed by atoms with Crippen LogP contribution in [0.15, 0.2) is 29.3 Å². The van der Waals surface area contributed by atoms with Crippen molar-refractivity contribution in [2.75, 3.05) is 13.6 Å². The number of aliphatic imine (C=N–C) groups is 1. The van der Waals surface area contributed by atoms with Gasteiger partial charge in [-0.2, -0.15) is 0 Å². The Morgan fingerprint density at radius 1 is 1.33 bits per heavy atom. The van der Waals surface area contributed by atoms with E-state index in [0.717, 1.165) is 43.0 Å². The summed E-state index contributed by atoms with van der Waals surface area (Å²) in [6.45, 7) is 2.26. The molecule has 0 radical (unpaired) electrons. The molecular formula is C16H22FIN6. The standard InChI is InChI=1S/C16H21FN6.HI/c1-18-16(19-8-7-12-4-2-5-13(17)10-12)20-11-15-22-21-14-6-3-9-23(14)15;/h2,4-5,10H,3,6-9,11H2,1H3,(H2,18,19,20);1H. The lowest BCUT2D eigenvalue weighted by Crippen LogP contribution is -2.38. The average molecular weight is 444 g/mol. The summed E-state index contributed by atoms with van der Waals surface area (Å²) in [6, 6.07) is 6.65. The molecule has 0 spiro atoms. The first-order chi connectivity index (χ1) is 11.3. The van der Waals surface area contributed by atoms with Crippen molar-refractivity contribution in [3.8, 4) is 0 Å². The molecule has 0 unspecified atom stereocenters. The van der Waals surface area contributed by atoms with E-state index >= 15 is 0 Å². The fraction of sp³-hybridized carbons (Fsp3) is 0.438. The van der Waals surface area contributed by atoms with Gasteiger partial charge in [-0.1, -0.05) is 12.1 Å². The number of hydrogen-bond donors (Lipinski definition) is 2. The Hall–Kier alpha value is -1.71. The van der Waals surface area contributed by atoms with Gasteiger partial charge in [-0.25, -0.2) is 4.39 Å². The van der Waals surface area contributed by atoms with Gasteiger partial charge in [0.05, 0.1) is 6.54 Å². The second-order valence-electron chi connectivity index (χ2n) is 5.52. The molecule has 0 saturated heterocycles. The summed E-state index contributed by atoms with van der Waals surface area (Å²) in [6.07, 6.45) is 2.88. The van der Waals surface area contributed by atoms with E-state index in [9.17, 15) is 4.39 Å². The highest BCUT2D eigenvalue weighted by Gasteiger charge is 2.16. The number of fused-ring (bicyclic) bond motifs is 1. The SMILES string of the molecule is CN=C(NCCc1cccc(F)c1)NCc1nnc2n1CCC2.I. The maximum atomic E-state index is 13.1. The Morgan fingerprint density at radius 3 is 3.00 bits per heavy atom. The van der Waals surface area contributed by atoms with Crippen LogP contribution in [0.5, 0.6) is 0 Å². The van der Waals surface area contributed by atoms with Crippen LogP contribution >= 0.6 is 24.0 Å². The first-order valence-corrected chi connectivity index (χ1v) is 7.86. The largest absolute Gasteiger partial charge is 0.356 e. The number of hydrogen-bond acceptors (Lipinski definition) is 3. The van der Waals surface area contributed by atoms with Gasteiger partial charge in [-0.15, -0.1) is 34.2 Å². The molecule has 2 aromatic rings. The van der Waals surface area contributed by atoms with Crippen LogP contribution in [0.2, 0.25) is 0 Å². The number of guanidine groups is 1. The highest BCUT2D eigenvalue weighted by Crippen LogP contribution is 2.13. The summed E-state index contributed by atoms with van der Waals surface area (Å²) >= 11 is 0. The molecule has 1 aliphatic heterocycles. The molecule has 0 atom stereocenters. The van der Waals surface area contributed by atoms with Crippen LogP contribution in [-0.4, -0.2) is 34.3 Å². The van der Waals surface area contributed by atoms with E-state index in [1.165, 1.54) is 6.07 Å². The lowest BCUT2D eigenvalue weighted by atomic mass is 10.1. The zero-order valence-corrected chi connectivity index (χ0v) is 16.0. The van der Waals surface area contributed by atoms with Crippen LogP contribution in [0.4, 0.5) is 4.39 Å². The van der Waals surface area contributed by atoms with Crippen molar-refractivity contribution in [2.45, 2.75) is 32.4 Å². The van der Waals surface area contributed by atoms with Gasteiger partial charge in [0.2, 0.25) is 0 Å². The van der Waals surface area contributed by atoms with Crippen LogP contribution in [0.1, 0.15) is 23.6 Å². The van der Waals surface area contributed by atoms with Crippen molar-refractivity contribution >= 4 is 29.9 Å². The zero-order chi connectivity index (χ0) is 16.1. The van der Waals surface area contributed by atoms with Gasteiger partial charge in [-0.3, -0.25) is 4.99 Å². The van der Waals surface area contributed by atoms with Gasteiger partial charge in [-0.05, 0) is 30.5 Å². The third kappa shape index (κ3) is 4.65. The quantitative estimate of drug-likeness (QED) is 0.420. The predicted octanol–water partition coefficient (Wildman–Crippen LogP) is 1.89. The molecular weight excluding hydrogens is 422 g/mol. The first kappa shape index (κ1) is 18.6. The van der Waals surface area contributed by atoms with Crippen LogP contribution in [-0.2, 0) is 25.9 Å². The minimum atomic E-state index is -0.203. The molecule has 1 aliphatic rings. The average Bonchev–Trinajstić information content (AvgIpc) is 3.15. The second kappa shape index (κ2) is 8.95. The summed E-state index contributed by atoms with van der Waals surface area (Å²) in [4.78, 5) is 4.19. The van der Waals surface area contributed by atoms with Gasteiger partial charge in [0.15, 0.2) is 11.8 Å². The van der Waals surface area contributed by atoms with Gasteiger partial charge < -0.3 is 15.2 Å². The normalized spacial score (nSPS) is 13.3. The highest BCUT2D eigenvalue weighted by atomic mass is 127. The van der Waals surface area contributed by atoms with Crippen molar-refractivity contribution in [1.29, 1.82) is 0 Å². The molecule has 24 heavy (non-hydrogen) atoms. The lowest BCUT2D eigenvalue weighted by Gasteiger charge is -2.12. The summed E-state index contributed by atoms with van der Waals surface area (Å²) < 4.78 is 15.3. The molecule has 6 nitrogen and oxygen atoms in total. The molecule has 0 amide bonds. The number of aryl methyl sites for hydroxylation is 1. The van der Waals surface area contributed by atoms with Gasteiger partial charge in [0, 0.05) is 26.6 Å². The molecule has 0 bridgehead atoms. The smallest absolute Gasteiger partial charge is 0.191 e. The summed E-state index contributed by atoms with van der Waals surface area (Å²) in [5.41, 5.74) is 0.961. The Labute approximate surface area is 158 Å². The van der Waals surface area contributed by atoms with Gasteiger partial charge in [0.25, 0.3) is 0 Å². The third-order valence-corrected chi connectivity index (χ3v) is 3.92. The molecule has 8 heteroatoms. The van der Waals surface area contributed by atoms with E-state index in [1.54, 1.807) is 19.2 Å². The number of benzene rings is 1. The van der Waals surface area contributed by atoms with E-state index in [1.807, 2.05) is 6.07 Å². The van der Waals surface area contributed by atoms with Crippen molar-refractivity contribution in [3.05, 3.63) is 47.3 Å². The molecule has 0 fully saturated rings. The summed E-state index contributed by atoms with van der Waals surface area (Å²) in [5, 5.41) is 14.9. The monoisotopic (exact) mass is 444 g/mol. The molecule has 2 N–H and O–H groups in total. The maximum absolute atomic E-state index is 13.1. The fourth-order valence-corrected chi connectivity index (χ4v) is 2.74. The van der Waals surface area contributed by atoms with Crippen LogP contribution in [0, 0.1) is 5.82 Å². The van der Waals surface area contributed by atoms with E-state index in [2.05, 4.69) is 30.4 Å². The number of aromatic nitrogens is 3. The first-order valence-electron chi connectivity index (χ1n) is 7.86. The topological polar surface area (TPSA) is 67.1 Å².